The second-order valence-corrected chi connectivity index (χ2v) is 10.4. The number of anilines is 2. The van der Waals surface area contributed by atoms with Crippen molar-refractivity contribution in [3.8, 4) is 6.07 Å². The standard InChI is InChI=1S/C23H22F3N5O2S/c1-14(17-3-2-4-18(20(17)24)21(25)26)30-22-19-11-16(15-5-9-34(32,33)10-6-15)12-31(8-7-27)23(19)29-13-28-22/h2-5,11,13-14,21H,6,8-10,12H2,1H3,(H,28,29,30)/t14-/m1/s1. The van der Waals surface area contributed by atoms with E-state index in [0.29, 0.717) is 30.2 Å². The normalized spacial score (nSPS) is 17.9. The number of hydrogen-bond donors (Lipinski definition) is 1. The Morgan fingerprint density at radius 2 is 2.00 bits per heavy atom. The van der Waals surface area contributed by atoms with Gasteiger partial charge >= 0.3 is 0 Å². The van der Waals surface area contributed by atoms with E-state index in [9.17, 15) is 26.9 Å². The fourth-order valence-electron chi connectivity index (χ4n) is 4.12. The van der Waals surface area contributed by atoms with Crippen LogP contribution < -0.4 is 10.2 Å². The molecule has 0 saturated carbocycles. The molecular weight excluding hydrogens is 467 g/mol. The van der Waals surface area contributed by atoms with Crippen molar-refractivity contribution in [3.05, 3.63) is 64.3 Å². The topological polar surface area (TPSA) is 99.0 Å². The fraction of sp³-hybridized carbons (Fsp3) is 0.348. The first-order chi connectivity index (χ1) is 16.2. The van der Waals surface area contributed by atoms with Crippen LogP contribution in [0.1, 0.15) is 42.5 Å². The van der Waals surface area contributed by atoms with E-state index in [1.807, 2.05) is 6.08 Å². The largest absolute Gasteiger partial charge is 0.363 e. The Labute approximate surface area is 195 Å². The van der Waals surface area contributed by atoms with Crippen LogP contribution in [-0.4, -0.2) is 43.0 Å². The van der Waals surface area contributed by atoms with Crippen molar-refractivity contribution < 1.29 is 21.6 Å². The van der Waals surface area contributed by atoms with E-state index in [2.05, 4.69) is 21.4 Å². The average molecular weight is 490 g/mol. The molecule has 1 aromatic carbocycles. The smallest absolute Gasteiger partial charge is 0.266 e. The van der Waals surface area contributed by atoms with Gasteiger partial charge in [0.2, 0.25) is 0 Å². The van der Waals surface area contributed by atoms with Crippen LogP contribution in [0.25, 0.3) is 6.08 Å². The highest BCUT2D eigenvalue weighted by atomic mass is 32.2. The molecule has 2 aliphatic rings. The van der Waals surface area contributed by atoms with Crippen LogP contribution in [0.2, 0.25) is 0 Å². The first-order valence-electron chi connectivity index (χ1n) is 10.6. The SMILES string of the molecule is C[C@@H](Nc1ncnc2c1C=C(C1=CCS(=O)(=O)CC1)CN2CC#N)c1cccc(C(F)F)c1F. The second kappa shape index (κ2) is 9.46. The lowest BCUT2D eigenvalue weighted by Crippen LogP contribution is -2.32. The summed E-state index contributed by atoms with van der Waals surface area (Å²) < 4.78 is 64.6. The summed E-state index contributed by atoms with van der Waals surface area (Å²) in [6.07, 6.45) is 2.27. The van der Waals surface area contributed by atoms with Gasteiger partial charge in [-0.25, -0.2) is 31.6 Å². The Morgan fingerprint density at radius 1 is 1.24 bits per heavy atom. The number of nitrogens with one attached hydrogen (secondary N) is 1. The molecule has 4 rings (SSSR count). The van der Waals surface area contributed by atoms with Crippen molar-refractivity contribution in [1.29, 1.82) is 5.26 Å². The summed E-state index contributed by atoms with van der Waals surface area (Å²) in [5.41, 5.74) is 1.68. The van der Waals surface area contributed by atoms with Gasteiger partial charge in [-0.1, -0.05) is 24.3 Å². The van der Waals surface area contributed by atoms with Gasteiger partial charge in [0.05, 0.1) is 34.7 Å². The van der Waals surface area contributed by atoms with Gasteiger partial charge < -0.3 is 10.2 Å². The molecule has 7 nitrogen and oxygen atoms in total. The van der Waals surface area contributed by atoms with Crippen molar-refractivity contribution in [2.75, 3.05) is 34.8 Å². The van der Waals surface area contributed by atoms with Crippen molar-refractivity contribution in [3.63, 3.8) is 0 Å². The van der Waals surface area contributed by atoms with Gasteiger partial charge in [-0.2, -0.15) is 5.26 Å². The molecule has 11 heteroatoms. The third-order valence-electron chi connectivity index (χ3n) is 5.90. The number of nitrogens with zero attached hydrogens (tertiary/aromatic N) is 4. The molecule has 0 fully saturated rings. The molecule has 1 N–H and O–H groups in total. The lowest BCUT2D eigenvalue weighted by Gasteiger charge is -2.31. The number of benzene rings is 1. The Kier molecular flexibility index (Phi) is 6.61. The van der Waals surface area contributed by atoms with E-state index in [1.165, 1.54) is 18.5 Å². The summed E-state index contributed by atoms with van der Waals surface area (Å²) >= 11 is 0. The number of fused-ring (bicyclic) bond motifs is 1. The van der Waals surface area contributed by atoms with E-state index in [4.69, 9.17) is 0 Å². The lowest BCUT2D eigenvalue weighted by atomic mass is 9.96. The Hall–Kier alpha value is -3.39. The Bertz CT molecular complexity index is 1320. The molecule has 3 heterocycles. The summed E-state index contributed by atoms with van der Waals surface area (Å²) in [5.74, 6) is -0.118. The van der Waals surface area contributed by atoms with Gasteiger partial charge in [0.15, 0.2) is 9.84 Å². The van der Waals surface area contributed by atoms with Crippen LogP contribution in [0.4, 0.5) is 24.8 Å². The van der Waals surface area contributed by atoms with Gasteiger partial charge in [0.25, 0.3) is 6.43 Å². The van der Waals surface area contributed by atoms with E-state index in [-0.39, 0.29) is 23.6 Å². The van der Waals surface area contributed by atoms with Crippen LogP contribution in [0.3, 0.4) is 0 Å². The number of nitriles is 1. The predicted molar refractivity (Wildman–Crippen MR) is 123 cm³/mol. The first kappa shape index (κ1) is 23.8. The summed E-state index contributed by atoms with van der Waals surface area (Å²) in [4.78, 5) is 10.3. The van der Waals surface area contributed by atoms with Crippen LogP contribution in [0.15, 0.2) is 41.7 Å². The maximum atomic E-state index is 14.7. The highest BCUT2D eigenvalue weighted by Gasteiger charge is 2.27. The molecule has 1 aromatic heterocycles. The molecule has 0 spiro atoms. The zero-order chi connectivity index (χ0) is 24.5. The maximum Gasteiger partial charge on any atom is 0.266 e. The van der Waals surface area contributed by atoms with E-state index < -0.39 is 33.7 Å². The lowest BCUT2D eigenvalue weighted by molar-refractivity contribution is 0.146. The van der Waals surface area contributed by atoms with Crippen LogP contribution >= 0.6 is 0 Å². The third kappa shape index (κ3) is 4.77. The molecule has 0 unspecified atom stereocenters. The number of halogens is 3. The van der Waals surface area contributed by atoms with Gasteiger partial charge in [-0.15, -0.1) is 0 Å². The molecule has 0 amide bonds. The van der Waals surface area contributed by atoms with Gasteiger partial charge in [0, 0.05) is 12.1 Å². The zero-order valence-corrected chi connectivity index (χ0v) is 19.1. The fourth-order valence-corrected chi connectivity index (χ4v) is 5.27. The van der Waals surface area contributed by atoms with Gasteiger partial charge in [-0.3, -0.25) is 0 Å². The molecule has 1 atom stereocenters. The van der Waals surface area contributed by atoms with Crippen LogP contribution in [0, 0.1) is 17.1 Å². The summed E-state index contributed by atoms with van der Waals surface area (Å²) in [6.45, 7) is 2.06. The molecule has 0 saturated heterocycles. The van der Waals surface area contributed by atoms with Crippen molar-refractivity contribution in [2.45, 2.75) is 25.8 Å². The number of aromatic nitrogens is 2. The van der Waals surface area contributed by atoms with E-state index in [0.717, 1.165) is 17.2 Å². The van der Waals surface area contributed by atoms with Crippen LogP contribution in [0.5, 0.6) is 0 Å². The summed E-state index contributed by atoms with van der Waals surface area (Å²) in [7, 11) is -3.10. The molecule has 0 bridgehead atoms. The molecular formula is C23H22F3N5O2S. The second-order valence-electron chi connectivity index (χ2n) is 8.15. The monoisotopic (exact) mass is 489 g/mol. The summed E-state index contributed by atoms with van der Waals surface area (Å²) in [6, 6.07) is 5.28. The van der Waals surface area contributed by atoms with E-state index >= 15 is 0 Å². The number of rotatable bonds is 6. The first-order valence-corrected chi connectivity index (χ1v) is 12.4. The van der Waals surface area contributed by atoms with Crippen molar-refractivity contribution in [1.82, 2.24) is 9.97 Å². The Morgan fingerprint density at radius 3 is 2.68 bits per heavy atom. The molecule has 0 aliphatic carbocycles. The average Bonchev–Trinajstić information content (AvgIpc) is 2.79. The summed E-state index contributed by atoms with van der Waals surface area (Å²) in [5, 5.41) is 12.4. The highest BCUT2D eigenvalue weighted by Crippen LogP contribution is 2.36. The van der Waals surface area contributed by atoms with Gasteiger partial charge in [0.1, 0.15) is 30.3 Å². The minimum Gasteiger partial charge on any atom is -0.363 e. The number of alkyl halides is 2. The van der Waals surface area contributed by atoms with Crippen LogP contribution in [-0.2, 0) is 9.84 Å². The maximum absolute atomic E-state index is 14.7. The minimum atomic E-state index is -3.10. The van der Waals surface area contributed by atoms with Crippen molar-refractivity contribution >= 4 is 27.5 Å². The molecule has 34 heavy (non-hydrogen) atoms. The quantitative estimate of drug-likeness (QED) is 0.607. The zero-order valence-electron chi connectivity index (χ0n) is 18.3. The molecule has 2 aromatic rings. The highest BCUT2D eigenvalue weighted by molar-refractivity contribution is 7.91. The minimum absolute atomic E-state index is 0.0437. The number of sulfone groups is 1. The molecule has 178 valence electrons. The third-order valence-corrected chi connectivity index (χ3v) is 7.40. The molecule has 0 radical (unpaired) electrons. The Balaban J connectivity index is 1.72. The van der Waals surface area contributed by atoms with Crippen molar-refractivity contribution in [2.24, 2.45) is 0 Å². The molecule has 2 aliphatic heterocycles. The predicted octanol–water partition coefficient (Wildman–Crippen LogP) is 4.20. The van der Waals surface area contributed by atoms with Gasteiger partial charge in [-0.05, 0) is 30.6 Å². The number of hydrogen-bond acceptors (Lipinski definition) is 7. The van der Waals surface area contributed by atoms with E-state index in [1.54, 1.807) is 17.9 Å².